The zero-order chi connectivity index (χ0) is 14.1. The molecule has 5 nitrogen and oxygen atoms in total. The normalized spacial score (nSPS) is 23.7. The second-order valence-corrected chi connectivity index (χ2v) is 5.84. The molecule has 3 rings (SSSR count). The van der Waals surface area contributed by atoms with Crippen LogP contribution in [0.25, 0.3) is 0 Å². The topological polar surface area (TPSA) is 40.5 Å². The molecule has 0 aromatic carbocycles. The number of nitrogens with one attached hydrogen (secondary N) is 1. The van der Waals surface area contributed by atoms with Crippen LogP contribution in [0, 0.1) is 6.92 Å². The molecule has 0 spiro atoms. The molecule has 2 aliphatic rings. The van der Waals surface area contributed by atoms with Gasteiger partial charge in [0.15, 0.2) is 0 Å². The minimum Gasteiger partial charge on any atom is -0.345 e. The summed E-state index contributed by atoms with van der Waals surface area (Å²) in [6.07, 6.45) is 0. The molecule has 1 fully saturated rings. The zero-order valence-corrected chi connectivity index (χ0v) is 12.4. The van der Waals surface area contributed by atoms with Crippen LogP contribution in [-0.4, -0.2) is 59.5 Å². The van der Waals surface area contributed by atoms with E-state index in [0.29, 0.717) is 6.54 Å². The molecule has 0 bridgehead atoms. The molecule has 3 heterocycles. The summed E-state index contributed by atoms with van der Waals surface area (Å²) in [6.45, 7) is 10.5. The van der Waals surface area contributed by atoms with Crippen molar-refractivity contribution < 1.29 is 4.79 Å². The first-order valence-corrected chi connectivity index (χ1v) is 7.55. The van der Waals surface area contributed by atoms with E-state index in [9.17, 15) is 4.79 Å². The van der Waals surface area contributed by atoms with E-state index in [1.807, 2.05) is 4.90 Å². The summed E-state index contributed by atoms with van der Waals surface area (Å²) < 4.78 is 2.33. The number of rotatable bonds is 2. The van der Waals surface area contributed by atoms with Crippen molar-refractivity contribution in [3.8, 4) is 0 Å². The summed E-state index contributed by atoms with van der Waals surface area (Å²) in [6, 6.07) is 4.49. The van der Waals surface area contributed by atoms with Gasteiger partial charge >= 0.3 is 0 Å². The third-order valence-electron chi connectivity index (χ3n) is 4.58. The van der Waals surface area contributed by atoms with Gasteiger partial charge in [-0.3, -0.25) is 9.69 Å². The number of hydrogen-bond donors (Lipinski definition) is 1. The minimum absolute atomic E-state index is 0.188. The summed E-state index contributed by atoms with van der Waals surface area (Å²) >= 11 is 0. The van der Waals surface area contributed by atoms with Crippen molar-refractivity contribution in [2.24, 2.45) is 0 Å². The summed E-state index contributed by atoms with van der Waals surface area (Å²) in [5, 5.41) is 3.32. The van der Waals surface area contributed by atoms with E-state index in [-0.39, 0.29) is 11.9 Å². The van der Waals surface area contributed by atoms with Gasteiger partial charge < -0.3 is 14.8 Å². The van der Waals surface area contributed by atoms with Gasteiger partial charge in [0.2, 0.25) is 5.91 Å². The molecular formula is C15H24N4O. The van der Waals surface area contributed by atoms with Crippen molar-refractivity contribution in [1.82, 2.24) is 19.7 Å². The van der Waals surface area contributed by atoms with E-state index in [0.717, 1.165) is 39.3 Å². The number of fused-ring (bicyclic) bond motifs is 1. The van der Waals surface area contributed by atoms with Crippen LogP contribution >= 0.6 is 0 Å². The van der Waals surface area contributed by atoms with Crippen molar-refractivity contribution >= 4 is 5.91 Å². The Morgan fingerprint density at radius 2 is 2.00 bits per heavy atom. The van der Waals surface area contributed by atoms with Gasteiger partial charge in [-0.05, 0) is 26.0 Å². The lowest BCUT2D eigenvalue weighted by Crippen LogP contribution is -2.50. The van der Waals surface area contributed by atoms with Crippen molar-refractivity contribution in [2.75, 3.05) is 39.3 Å². The number of aromatic nitrogens is 1. The van der Waals surface area contributed by atoms with Crippen LogP contribution in [0.3, 0.4) is 0 Å². The van der Waals surface area contributed by atoms with E-state index in [1.165, 1.54) is 11.4 Å². The van der Waals surface area contributed by atoms with Gasteiger partial charge in [0.1, 0.15) is 0 Å². The van der Waals surface area contributed by atoms with E-state index in [1.54, 1.807) is 0 Å². The van der Waals surface area contributed by atoms with E-state index in [4.69, 9.17) is 0 Å². The first-order valence-electron chi connectivity index (χ1n) is 7.55. The molecule has 1 unspecified atom stereocenters. The average molecular weight is 276 g/mol. The monoisotopic (exact) mass is 276 g/mol. The van der Waals surface area contributed by atoms with Crippen molar-refractivity contribution in [3.63, 3.8) is 0 Å². The Kier molecular flexibility index (Phi) is 3.81. The lowest BCUT2D eigenvalue weighted by molar-refractivity contribution is -0.135. The number of aryl methyl sites for hydroxylation is 1. The summed E-state index contributed by atoms with van der Waals surface area (Å²) in [5.74, 6) is 0.268. The van der Waals surface area contributed by atoms with Crippen LogP contribution in [0.4, 0.5) is 0 Å². The summed E-state index contributed by atoms with van der Waals surface area (Å²) in [7, 11) is 0. The number of amides is 1. The maximum atomic E-state index is 12.5. The van der Waals surface area contributed by atoms with Crippen molar-refractivity contribution in [3.05, 3.63) is 23.5 Å². The van der Waals surface area contributed by atoms with Gasteiger partial charge in [0, 0.05) is 50.7 Å². The second kappa shape index (κ2) is 5.58. The highest BCUT2D eigenvalue weighted by molar-refractivity contribution is 5.79. The number of carbonyl (C=O) groups excluding carboxylic acids is 1. The molecule has 2 aliphatic heterocycles. The van der Waals surface area contributed by atoms with E-state index < -0.39 is 0 Å². The Balaban J connectivity index is 1.67. The van der Waals surface area contributed by atoms with Gasteiger partial charge in [0.05, 0.1) is 12.6 Å². The van der Waals surface area contributed by atoms with Crippen LogP contribution in [0.2, 0.25) is 0 Å². The highest BCUT2D eigenvalue weighted by Crippen LogP contribution is 2.27. The Morgan fingerprint density at radius 1 is 1.25 bits per heavy atom. The number of nitrogens with zero attached hydrogens (tertiary/aromatic N) is 3. The lowest BCUT2D eigenvalue weighted by Gasteiger charge is -2.37. The maximum Gasteiger partial charge on any atom is 0.237 e. The van der Waals surface area contributed by atoms with Crippen molar-refractivity contribution in [2.45, 2.75) is 26.4 Å². The fraction of sp³-hybridized carbons (Fsp3) is 0.667. The number of hydrogen-bond acceptors (Lipinski definition) is 3. The minimum atomic E-state index is 0.188. The quantitative estimate of drug-likeness (QED) is 0.860. The molecule has 0 radical (unpaired) electrons. The molecule has 20 heavy (non-hydrogen) atoms. The predicted octanol–water partition coefficient (Wildman–Crippen LogP) is 0.605. The molecule has 1 N–H and O–H groups in total. The standard InChI is InChI=1S/C15H24N4O/c1-12-3-4-14-13(2)19(10-9-18(12)14)15(20)11-17-7-5-16-6-8-17/h3-4,13,16H,5-11H2,1-2H3. The number of carbonyl (C=O) groups is 1. The third kappa shape index (κ3) is 2.47. The Hall–Kier alpha value is -1.33. The number of piperazine rings is 1. The predicted molar refractivity (Wildman–Crippen MR) is 78.6 cm³/mol. The zero-order valence-electron chi connectivity index (χ0n) is 12.4. The Morgan fingerprint density at radius 3 is 2.75 bits per heavy atom. The highest BCUT2D eigenvalue weighted by atomic mass is 16.2. The molecule has 1 aromatic rings. The van der Waals surface area contributed by atoms with E-state index >= 15 is 0 Å². The first kappa shape index (κ1) is 13.6. The van der Waals surface area contributed by atoms with Gasteiger partial charge in [-0.25, -0.2) is 0 Å². The van der Waals surface area contributed by atoms with Gasteiger partial charge in [-0.2, -0.15) is 0 Å². The summed E-state index contributed by atoms with van der Waals surface area (Å²) in [4.78, 5) is 16.8. The van der Waals surface area contributed by atoms with Crippen LogP contribution in [0.1, 0.15) is 24.4 Å². The molecule has 1 amide bonds. The summed E-state index contributed by atoms with van der Waals surface area (Å²) in [5.41, 5.74) is 2.56. The molecular weight excluding hydrogens is 252 g/mol. The molecule has 1 atom stereocenters. The molecule has 5 heteroatoms. The van der Waals surface area contributed by atoms with Crippen molar-refractivity contribution in [1.29, 1.82) is 0 Å². The molecule has 1 saturated heterocycles. The van der Waals surface area contributed by atoms with Gasteiger partial charge in [0.25, 0.3) is 0 Å². The molecule has 0 saturated carbocycles. The maximum absolute atomic E-state index is 12.5. The lowest BCUT2D eigenvalue weighted by atomic mass is 10.1. The van der Waals surface area contributed by atoms with Crippen LogP contribution in [-0.2, 0) is 11.3 Å². The Labute approximate surface area is 120 Å². The smallest absolute Gasteiger partial charge is 0.237 e. The molecule has 0 aliphatic carbocycles. The first-order chi connectivity index (χ1) is 9.66. The fourth-order valence-corrected chi connectivity index (χ4v) is 3.31. The Bertz CT molecular complexity index is 490. The van der Waals surface area contributed by atoms with Crippen LogP contribution in [0.15, 0.2) is 12.1 Å². The molecule has 110 valence electrons. The SMILES string of the molecule is Cc1ccc2n1CCN(C(=O)CN1CCNCC1)C2C. The molecule has 1 aromatic heterocycles. The highest BCUT2D eigenvalue weighted by Gasteiger charge is 2.29. The largest absolute Gasteiger partial charge is 0.345 e. The fourth-order valence-electron chi connectivity index (χ4n) is 3.31. The van der Waals surface area contributed by atoms with Crippen LogP contribution < -0.4 is 5.32 Å². The van der Waals surface area contributed by atoms with Gasteiger partial charge in [-0.15, -0.1) is 0 Å². The third-order valence-corrected chi connectivity index (χ3v) is 4.58. The second-order valence-electron chi connectivity index (χ2n) is 5.84. The van der Waals surface area contributed by atoms with Gasteiger partial charge in [-0.1, -0.05) is 0 Å². The van der Waals surface area contributed by atoms with E-state index in [2.05, 4.69) is 40.8 Å². The average Bonchev–Trinajstić information content (AvgIpc) is 2.83. The van der Waals surface area contributed by atoms with Crippen LogP contribution in [0.5, 0.6) is 0 Å².